The first kappa shape index (κ1) is 20.9. The fourth-order valence-electron chi connectivity index (χ4n) is 2.28. The minimum atomic E-state index is -0.551. The van der Waals surface area contributed by atoms with Crippen molar-refractivity contribution < 1.29 is 9.53 Å². The van der Waals surface area contributed by atoms with E-state index in [2.05, 4.69) is 22.9 Å². The highest BCUT2D eigenvalue weighted by molar-refractivity contribution is 9.10. The SMILES string of the molecule is CCCCCCCCCCCCCCOC(=O)C(C)(C)Br. The largest absolute Gasteiger partial charge is 0.465 e. The summed E-state index contributed by atoms with van der Waals surface area (Å²) in [6.07, 6.45) is 15.9. The van der Waals surface area contributed by atoms with E-state index in [0.29, 0.717) is 6.61 Å². The molecule has 0 aromatic rings. The number of alkyl halides is 1. The maximum Gasteiger partial charge on any atom is 0.322 e. The smallest absolute Gasteiger partial charge is 0.322 e. The number of unbranched alkanes of at least 4 members (excludes halogenated alkanes) is 11. The van der Waals surface area contributed by atoms with E-state index in [1.807, 2.05) is 13.8 Å². The van der Waals surface area contributed by atoms with Gasteiger partial charge in [-0.25, -0.2) is 0 Å². The lowest BCUT2D eigenvalue weighted by atomic mass is 10.1. The highest BCUT2D eigenvalue weighted by Crippen LogP contribution is 2.18. The van der Waals surface area contributed by atoms with Crippen molar-refractivity contribution in [3.63, 3.8) is 0 Å². The summed E-state index contributed by atoms with van der Waals surface area (Å²) in [4.78, 5) is 11.5. The zero-order valence-corrected chi connectivity index (χ0v) is 16.0. The molecule has 0 spiro atoms. The van der Waals surface area contributed by atoms with Gasteiger partial charge in [0.15, 0.2) is 0 Å². The second kappa shape index (κ2) is 13.6. The van der Waals surface area contributed by atoms with Crippen LogP contribution in [0.4, 0.5) is 0 Å². The van der Waals surface area contributed by atoms with E-state index in [9.17, 15) is 4.79 Å². The summed E-state index contributed by atoms with van der Waals surface area (Å²) in [7, 11) is 0. The fraction of sp³-hybridized carbons (Fsp3) is 0.944. The minimum absolute atomic E-state index is 0.162. The van der Waals surface area contributed by atoms with Crippen molar-refractivity contribution in [2.24, 2.45) is 0 Å². The molecule has 0 saturated heterocycles. The predicted octanol–water partition coefficient (Wildman–Crippen LogP) is 6.40. The van der Waals surface area contributed by atoms with Crippen LogP contribution in [-0.4, -0.2) is 16.9 Å². The fourth-order valence-corrected chi connectivity index (χ4v) is 2.39. The van der Waals surface area contributed by atoms with Crippen molar-refractivity contribution >= 4 is 21.9 Å². The molecule has 0 heterocycles. The van der Waals surface area contributed by atoms with E-state index in [1.165, 1.54) is 70.6 Å². The van der Waals surface area contributed by atoms with Crippen LogP contribution in [0.2, 0.25) is 0 Å². The Balaban J connectivity index is 3.14. The Bertz CT molecular complexity index is 246. The van der Waals surface area contributed by atoms with Gasteiger partial charge in [0.2, 0.25) is 0 Å². The topological polar surface area (TPSA) is 26.3 Å². The van der Waals surface area contributed by atoms with Crippen LogP contribution >= 0.6 is 15.9 Å². The Hall–Kier alpha value is -0.0500. The van der Waals surface area contributed by atoms with E-state index in [-0.39, 0.29) is 5.97 Å². The van der Waals surface area contributed by atoms with Crippen LogP contribution in [0.15, 0.2) is 0 Å². The molecule has 0 aromatic heterocycles. The quantitative estimate of drug-likeness (QED) is 0.203. The lowest BCUT2D eigenvalue weighted by Gasteiger charge is -2.14. The molecule has 3 heteroatoms. The summed E-state index contributed by atoms with van der Waals surface area (Å²) >= 11 is 3.31. The van der Waals surface area contributed by atoms with Crippen molar-refractivity contribution in [3.8, 4) is 0 Å². The van der Waals surface area contributed by atoms with E-state index in [4.69, 9.17) is 4.74 Å². The molecule has 126 valence electrons. The van der Waals surface area contributed by atoms with Gasteiger partial charge in [0.25, 0.3) is 0 Å². The number of esters is 1. The molecule has 0 saturated carbocycles. The van der Waals surface area contributed by atoms with Gasteiger partial charge in [-0.3, -0.25) is 4.79 Å². The molecule has 0 aliphatic rings. The average Bonchev–Trinajstić information content (AvgIpc) is 2.42. The van der Waals surface area contributed by atoms with Gasteiger partial charge in [0, 0.05) is 0 Å². The third kappa shape index (κ3) is 14.6. The lowest BCUT2D eigenvalue weighted by Crippen LogP contribution is -2.26. The first-order chi connectivity index (χ1) is 9.98. The van der Waals surface area contributed by atoms with Crippen molar-refractivity contribution in [3.05, 3.63) is 0 Å². The Morgan fingerprint density at radius 1 is 0.810 bits per heavy atom. The maximum atomic E-state index is 11.5. The van der Waals surface area contributed by atoms with Gasteiger partial charge in [-0.1, -0.05) is 93.5 Å². The van der Waals surface area contributed by atoms with Crippen LogP contribution in [0.5, 0.6) is 0 Å². The van der Waals surface area contributed by atoms with E-state index >= 15 is 0 Å². The Morgan fingerprint density at radius 2 is 1.19 bits per heavy atom. The third-order valence-corrected chi connectivity index (χ3v) is 4.04. The van der Waals surface area contributed by atoms with Crippen LogP contribution in [0.3, 0.4) is 0 Å². The number of rotatable bonds is 14. The number of carbonyl (C=O) groups excluding carboxylic acids is 1. The van der Waals surface area contributed by atoms with Gasteiger partial charge in [-0.15, -0.1) is 0 Å². The molecule has 2 nitrogen and oxygen atoms in total. The molecule has 0 aliphatic carbocycles. The molecular weight excluding hydrogens is 328 g/mol. The van der Waals surface area contributed by atoms with Crippen molar-refractivity contribution in [2.75, 3.05) is 6.61 Å². The van der Waals surface area contributed by atoms with Gasteiger partial charge >= 0.3 is 5.97 Å². The monoisotopic (exact) mass is 362 g/mol. The molecule has 0 unspecified atom stereocenters. The van der Waals surface area contributed by atoms with Crippen LogP contribution in [-0.2, 0) is 9.53 Å². The van der Waals surface area contributed by atoms with Crippen molar-refractivity contribution in [1.29, 1.82) is 0 Å². The summed E-state index contributed by atoms with van der Waals surface area (Å²) in [6.45, 7) is 6.46. The van der Waals surface area contributed by atoms with Gasteiger partial charge in [-0.2, -0.15) is 0 Å². The van der Waals surface area contributed by atoms with E-state index in [1.54, 1.807) is 0 Å². The molecule has 0 aliphatic heterocycles. The van der Waals surface area contributed by atoms with Gasteiger partial charge in [-0.05, 0) is 20.3 Å². The molecule has 0 aromatic carbocycles. The zero-order valence-electron chi connectivity index (χ0n) is 14.4. The van der Waals surface area contributed by atoms with Gasteiger partial charge < -0.3 is 4.74 Å². The number of ether oxygens (including phenoxy) is 1. The standard InChI is InChI=1S/C18H35BrO2/c1-4-5-6-7-8-9-10-11-12-13-14-15-16-21-17(20)18(2,3)19/h4-16H2,1-3H3. The Kier molecular flexibility index (Phi) is 13.6. The van der Waals surface area contributed by atoms with Crippen molar-refractivity contribution in [1.82, 2.24) is 0 Å². The number of hydrogen-bond acceptors (Lipinski definition) is 2. The molecule has 21 heavy (non-hydrogen) atoms. The van der Waals surface area contributed by atoms with Gasteiger partial charge in [0.05, 0.1) is 6.61 Å². The predicted molar refractivity (Wildman–Crippen MR) is 95.0 cm³/mol. The van der Waals surface area contributed by atoms with Crippen LogP contribution in [0.25, 0.3) is 0 Å². The van der Waals surface area contributed by atoms with E-state index < -0.39 is 4.32 Å². The normalized spacial score (nSPS) is 11.6. The molecule has 0 radical (unpaired) electrons. The van der Waals surface area contributed by atoms with Crippen LogP contribution in [0.1, 0.15) is 97.8 Å². The molecule has 0 fully saturated rings. The van der Waals surface area contributed by atoms with E-state index in [0.717, 1.165) is 6.42 Å². The molecule has 0 bridgehead atoms. The number of halogens is 1. The highest BCUT2D eigenvalue weighted by atomic mass is 79.9. The van der Waals surface area contributed by atoms with Gasteiger partial charge in [0.1, 0.15) is 4.32 Å². The molecule has 0 amide bonds. The zero-order chi connectivity index (χ0) is 16.0. The Labute approximate surface area is 140 Å². The lowest BCUT2D eigenvalue weighted by molar-refractivity contribution is -0.145. The summed E-state index contributed by atoms with van der Waals surface area (Å²) in [6, 6.07) is 0. The molecule has 0 atom stereocenters. The van der Waals surface area contributed by atoms with Crippen LogP contribution in [0, 0.1) is 0 Å². The number of carbonyl (C=O) groups is 1. The first-order valence-electron chi connectivity index (χ1n) is 8.84. The summed E-state index contributed by atoms with van der Waals surface area (Å²) in [5, 5.41) is 0. The first-order valence-corrected chi connectivity index (χ1v) is 9.64. The third-order valence-electron chi connectivity index (χ3n) is 3.72. The van der Waals surface area contributed by atoms with Crippen molar-refractivity contribution in [2.45, 2.75) is 102 Å². The average molecular weight is 363 g/mol. The second-order valence-electron chi connectivity index (χ2n) is 6.50. The summed E-state index contributed by atoms with van der Waals surface area (Å²) < 4.78 is 4.66. The molecule has 0 rings (SSSR count). The summed E-state index contributed by atoms with van der Waals surface area (Å²) in [5.74, 6) is -0.162. The van der Waals surface area contributed by atoms with Crippen LogP contribution < -0.4 is 0 Å². The number of hydrogen-bond donors (Lipinski definition) is 0. The maximum absolute atomic E-state index is 11.5. The minimum Gasteiger partial charge on any atom is -0.465 e. The Morgan fingerprint density at radius 3 is 1.57 bits per heavy atom. The highest BCUT2D eigenvalue weighted by Gasteiger charge is 2.24. The summed E-state index contributed by atoms with van der Waals surface area (Å²) in [5.41, 5.74) is 0. The molecule has 0 N–H and O–H groups in total. The second-order valence-corrected chi connectivity index (χ2v) is 8.48. The molecular formula is C18H35BrO2.